The summed E-state index contributed by atoms with van der Waals surface area (Å²) in [7, 11) is 3.85. The number of halogens is 3. The number of benzene rings is 1. The smallest absolute Gasteiger partial charge is 0.249 e. The number of aryl methyl sites for hydroxylation is 1. The van der Waals surface area contributed by atoms with Crippen LogP contribution in [0.2, 0.25) is 0 Å². The van der Waals surface area contributed by atoms with Gasteiger partial charge < -0.3 is 25.6 Å². The molecule has 5 heterocycles. The quantitative estimate of drug-likeness (QED) is 0.297. The van der Waals surface area contributed by atoms with Crippen LogP contribution in [0.15, 0.2) is 48.8 Å². The summed E-state index contributed by atoms with van der Waals surface area (Å²) in [6, 6.07) is 10.8. The summed E-state index contributed by atoms with van der Waals surface area (Å²) in [5, 5.41) is 7.92. The van der Waals surface area contributed by atoms with Gasteiger partial charge in [-0.05, 0) is 62.3 Å². The summed E-state index contributed by atoms with van der Waals surface area (Å²) in [5.41, 5.74) is 7.81. The van der Waals surface area contributed by atoms with Crippen molar-refractivity contribution in [2.24, 2.45) is 12.5 Å². The second kappa shape index (κ2) is 10.7. The highest BCUT2D eigenvalue weighted by atomic mass is 19.3. The van der Waals surface area contributed by atoms with Crippen molar-refractivity contribution in [3.8, 4) is 28.3 Å². The SMILES string of the molecule is CN1CCCC(Oc2cc(-c3ccnc(N)c3F)ccc2Nc2nc(-c3ccc(N4CC5(C4)CC(F)(F)C5)nc3)nn2C)C1. The molecule has 0 amide bonds. The number of piperidine rings is 1. The molecule has 2 saturated heterocycles. The number of rotatable bonds is 7. The first-order valence-corrected chi connectivity index (χ1v) is 14.7. The van der Waals surface area contributed by atoms with Gasteiger partial charge in [0.1, 0.15) is 17.7 Å². The van der Waals surface area contributed by atoms with Crippen molar-refractivity contribution in [1.82, 2.24) is 29.6 Å². The molecule has 1 aliphatic carbocycles. The van der Waals surface area contributed by atoms with E-state index in [1.807, 2.05) is 23.1 Å². The first-order chi connectivity index (χ1) is 21.1. The molecule has 3 aromatic heterocycles. The Morgan fingerprint density at radius 1 is 1.05 bits per heavy atom. The van der Waals surface area contributed by atoms with Crippen LogP contribution in [0, 0.1) is 11.2 Å². The van der Waals surface area contributed by atoms with Gasteiger partial charge in [-0.1, -0.05) is 6.07 Å². The molecule has 1 spiro atoms. The number of nitrogens with two attached hydrogens (primary N) is 1. The summed E-state index contributed by atoms with van der Waals surface area (Å²) in [4.78, 5) is 17.4. The number of ether oxygens (including phenoxy) is 1. The first kappa shape index (κ1) is 28.4. The van der Waals surface area contributed by atoms with E-state index < -0.39 is 11.7 Å². The highest BCUT2D eigenvalue weighted by Crippen LogP contribution is 2.57. The second-order valence-corrected chi connectivity index (χ2v) is 12.4. The molecule has 3 aliphatic rings. The van der Waals surface area contributed by atoms with E-state index in [2.05, 4.69) is 32.3 Å². The molecule has 230 valence electrons. The summed E-state index contributed by atoms with van der Waals surface area (Å²) in [6.07, 6.45) is 5.01. The third kappa shape index (κ3) is 5.40. The highest BCUT2D eigenvalue weighted by molar-refractivity contribution is 5.74. The summed E-state index contributed by atoms with van der Waals surface area (Å²) < 4.78 is 49.7. The maximum atomic E-state index is 14.9. The third-order valence-electron chi connectivity index (χ3n) is 8.74. The number of anilines is 4. The molecule has 3 fully saturated rings. The predicted octanol–water partition coefficient (Wildman–Crippen LogP) is 5.11. The van der Waals surface area contributed by atoms with Crippen LogP contribution in [-0.4, -0.2) is 74.9 Å². The van der Waals surface area contributed by atoms with Crippen molar-refractivity contribution in [3.05, 3.63) is 54.6 Å². The standard InChI is InChI=1S/C31H34F3N9O/c1-41-11-3-4-21(14-41)44-24-12-19(22-9-10-36-27(35)26(22)32)5-7-23(24)38-29-39-28(40-42(29)2)20-6-8-25(37-13-20)43-17-30(18-43)15-31(33,34)16-30/h5-10,12-13,21H,3-4,11,14-18H2,1-2H3,(H2,35,36)(H,38,39,40). The second-order valence-electron chi connectivity index (χ2n) is 12.4. The molecule has 1 atom stereocenters. The lowest BCUT2D eigenvalue weighted by Crippen LogP contribution is -2.66. The van der Waals surface area contributed by atoms with Crippen LogP contribution >= 0.6 is 0 Å². The van der Waals surface area contributed by atoms with Crippen molar-refractivity contribution in [2.75, 3.05) is 49.2 Å². The largest absolute Gasteiger partial charge is 0.487 e. The van der Waals surface area contributed by atoms with E-state index in [1.165, 1.54) is 6.20 Å². The van der Waals surface area contributed by atoms with Gasteiger partial charge in [0.15, 0.2) is 17.5 Å². The van der Waals surface area contributed by atoms with Gasteiger partial charge in [-0.2, -0.15) is 4.98 Å². The number of pyridine rings is 2. The van der Waals surface area contributed by atoms with Gasteiger partial charge >= 0.3 is 0 Å². The van der Waals surface area contributed by atoms with Gasteiger partial charge in [-0.3, -0.25) is 0 Å². The van der Waals surface area contributed by atoms with Crippen LogP contribution in [0.5, 0.6) is 5.75 Å². The van der Waals surface area contributed by atoms with E-state index >= 15 is 0 Å². The Hall–Kier alpha value is -4.39. The predicted molar refractivity (Wildman–Crippen MR) is 162 cm³/mol. The zero-order chi connectivity index (χ0) is 30.6. The summed E-state index contributed by atoms with van der Waals surface area (Å²) in [6.45, 7) is 3.00. The number of hydrogen-bond acceptors (Lipinski definition) is 9. The molecule has 1 aromatic carbocycles. The number of aromatic nitrogens is 5. The van der Waals surface area contributed by atoms with Crippen LogP contribution in [-0.2, 0) is 7.05 Å². The molecule has 0 radical (unpaired) electrons. The Balaban J connectivity index is 1.11. The molecular formula is C31H34F3N9O. The van der Waals surface area contributed by atoms with Crippen molar-refractivity contribution < 1.29 is 17.9 Å². The number of nitrogens with zero attached hydrogens (tertiary/aromatic N) is 7. The van der Waals surface area contributed by atoms with Crippen molar-refractivity contribution in [2.45, 2.75) is 37.7 Å². The fraction of sp³-hybridized carbons (Fsp3) is 0.419. The van der Waals surface area contributed by atoms with E-state index in [0.29, 0.717) is 47.4 Å². The molecule has 44 heavy (non-hydrogen) atoms. The van der Waals surface area contributed by atoms with Crippen molar-refractivity contribution >= 4 is 23.3 Å². The lowest BCUT2D eigenvalue weighted by Gasteiger charge is -2.59. The minimum atomic E-state index is -2.52. The van der Waals surface area contributed by atoms with Gasteiger partial charge in [-0.25, -0.2) is 27.8 Å². The number of likely N-dealkylation sites (N-methyl/N-ethyl adjacent to an activating group) is 1. The molecule has 10 nitrogen and oxygen atoms in total. The van der Waals surface area contributed by atoms with Gasteiger partial charge in [0.05, 0.1) is 5.69 Å². The highest BCUT2D eigenvalue weighted by Gasteiger charge is 2.61. The maximum Gasteiger partial charge on any atom is 0.249 e. The third-order valence-corrected chi connectivity index (χ3v) is 8.74. The molecule has 0 bridgehead atoms. The lowest BCUT2D eigenvalue weighted by molar-refractivity contribution is -0.170. The van der Waals surface area contributed by atoms with Crippen LogP contribution in [0.25, 0.3) is 22.5 Å². The fourth-order valence-corrected chi connectivity index (χ4v) is 6.60. The zero-order valence-corrected chi connectivity index (χ0v) is 24.6. The molecule has 1 saturated carbocycles. The minimum Gasteiger partial charge on any atom is -0.487 e. The van der Waals surface area contributed by atoms with Gasteiger partial charge in [-0.15, -0.1) is 5.10 Å². The van der Waals surface area contributed by atoms with Crippen LogP contribution in [0.4, 0.5) is 36.4 Å². The average molecular weight is 606 g/mol. The normalized spacial score (nSPS) is 20.7. The minimum absolute atomic E-state index is 0.0291. The van der Waals surface area contributed by atoms with E-state index in [-0.39, 0.29) is 30.2 Å². The summed E-state index contributed by atoms with van der Waals surface area (Å²) in [5.74, 6) is -0.976. The molecule has 3 N–H and O–H groups in total. The molecule has 2 aliphatic heterocycles. The molecule has 4 aromatic rings. The summed E-state index contributed by atoms with van der Waals surface area (Å²) >= 11 is 0. The van der Waals surface area contributed by atoms with Gasteiger partial charge in [0, 0.05) is 68.5 Å². The monoisotopic (exact) mass is 605 g/mol. The number of nitrogens with one attached hydrogen (secondary N) is 1. The molecular weight excluding hydrogens is 571 g/mol. The Bertz CT molecular complexity index is 1680. The van der Waals surface area contributed by atoms with Gasteiger partial charge in [0.25, 0.3) is 0 Å². The van der Waals surface area contributed by atoms with E-state index in [9.17, 15) is 13.2 Å². The van der Waals surface area contributed by atoms with Crippen LogP contribution in [0.1, 0.15) is 25.7 Å². The maximum absolute atomic E-state index is 14.9. The molecule has 1 unspecified atom stereocenters. The van der Waals surface area contributed by atoms with E-state index in [4.69, 9.17) is 15.5 Å². The van der Waals surface area contributed by atoms with Crippen molar-refractivity contribution in [3.63, 3.8) is 0 Å². The molecule has 13 heteroatoms. The molecule has 7 rings (SSSR count). The van der Waals surface area contributed by atoms with Crippen molar-refractivity contribution in [1.29, 1.82) is 0 Å². The number of hydrogen-bond donors (Lipinski definition) is 2. The zero-order valence-electron chi connectivity index (χ0n) is 24.6. The average Bonchev–Trinajstić information content (AvgIpc) is 3.32. The Morgan fingerprint density at radius 2 is 1.84 bits per heavy atom. The van der Waals surface area contributed by atoms with Crippen LogP contribution in [0.3, 0.4) is 0 Å². The Kier molecular flexibility index (Phi) is 6.87. The van der Waals surface area contributed by atoms with E-state index in [0.717, 1.165) is 37.3 Å². The number of nitrogen functional groups attached to an aromatic ring is 1. The van der Waals surface area contributed by atoms with E-state index in [1.54, 1.807) is 36.1 Å². The van der Waals surface area contributed by atoms with Gasteiger partial charge in [0.2, 0.25) is 11.9 Å². The lowest BCUT2D eigenvalue weighted by atomic mass is 9.61. The Morgan fingerprint density at radius 3 is 2.57 bits per heavy atom. The number of alkyl halides is 2. The topological polar surface area (TPSA) is 110 Å². The number of likely N-dealkylation sites (tertiary alicyclic amines) is 1. The fourth-order valence-electron chi connectivity index (χ4n) is 6.60. The Labute approximate surface area is 253 Å². The van der Waals surface area contributed by atoms with Crippen LogP contribution < -0.4 is 20.7 Å². The first-order valence-electron chi connectivity index (χ1n) is 14.7.